The molecule has 20 heavy (non-hydrogen) atoms. The van der Waals surface area contributed by atoms with Gasteiger partial charge >= 0.3 is 0 Å². The van der Waals surface area contributed by atoms with E-state index in [2.05, 4.69) is 0 Å². The van der Waals surface area contributed by atoms with E-state index in [1.165, 1.54) is 0 Å². The Balaban J connectivity index is 1.94. The van der Waals surface area contributed by atoms with Gasteiger partial charge in [-0.3, -0.25) is 25.0 Å². The predicted octanol–water partition coefficient (Wildman–Crippen LogP) is 1.88. The molecule has 1 heterocycles. The average Bonchev–Trinajstić information content (AvgIpc) is 2.89. The number of rotatable bonds is 3. The van der Waals surface area contributed by atoms with Crippen LogP contribution in [-0.2, 0) is 0 Å². The number of nitro groups is 2. The summed E-state index contributed by atoms with van der Waals surface area (Å²) in [6.07, 6.45) is 2.95. The van der Waals surface area contributed by atoms with Crippen molar-refractivity contribution in [1.82, 2.24) is 4.90 Å². The van der Waals surface area contributed by atoms with Gasteiger partial charge in [0.05, 0.1) is 33.6 Å². The van der Waals surface area contributed by atoms with Crippen LogP contribution in [0.25, 0.3) is 0 Å². The number of likely N-dealkylation sites (tertiary alicyclic amines) is 1. The lowest BCUT2D eigenvalue weighted by atomic mass is 10.1. The summed E-state index contributed by atoms with van der Waals surface area (Å²) in [6, 6.07) is 3.48. The number of fused-ring (bicyclic) bond motifs is 1. The number of amides is 1. The van der Waals surface area contributed by atoms with Crippen molar-refractivity contribution in [2.45, 2.75) is 31.3 Å². The number of nitrogens with zero attached hydrogens (tertiary/aromatic N) is 3. The molecular formula is C12H11N3O5. The van der Waals surface area contributed by atoms with Crippen molar-refractivity contribution < 1.29 is 14.6 Å². The monoisotopic (exact) mass is 277 g/mol. The Hall–Kier alpha value is -2.51. The summed E-state index contributed by atoms with van der Waals surface area (Å²) in [6.45, 7) is 0. The Kier molecular flexibility index (Phi) is 2.66. The van der Waals surface area contributed by atoms with Crippen molar-refractivity contribution in [2.75, 3.05) is 0 Å². The molecular weight excluding hydrogens is 266 g/mol. The number of carbonyl (C=O) groups excluding carboxylic acids is 1. The minimum atomic E-state index is -0.729. The van der Waals surface area contributed by atoms with Crippen LogP contribution < -0.4 is 0 Å². The van der Waals surface area contributed by atoms with Gasteiger partial charge in [0, 0.05) is 12.1 Å². The quantitative estimate of drug-likeness (QED) is 0.476. The topological polar surface area (TPSA) is 106 Å². The van der Waals surface area contributed by atoms with E-state index in [9.17, 15) is 25.0 Å². The van der Waals surface area contributed by atoms with Crippen LogP contribution in [0.3, 0.4) is 0 Å². The molecule has 3 rings (SSSR count). The number of benzene rings is 1. The first-order chi connectivity index (χ1) is 9.49. The fourth-order valence-electron chi connectivity index (χ4n) is 2.91. The van der Waals surface area contributed by atoms with E-state index in [1.54, 1.807) is 4.90 Å². The first-order valence-electron chi connectivity index (χ1n) is 6.25. The van der Waals surface area contributed by atoms with Gasteiger partial charge in [0.25, 0.3) is 17.3 Å². The molecule has 1 amide bonds. The summed E-state index contributed by atoms with van der Waals surface area (Å²) in [4.78, 5) is 34.0. The second kappa shape index (κ2) is 4.26. The maximum Gasteiger partial charge on any atom is 0.277 e. The third-order valence-electron chi connectivity index (χ3n) is 3.87. The molecule has 1 aromatic rings. The first-order valence-corrected chi connectivity index (χ1v) is 6.25. The van der Waals surface area contributed by atoms with Crippen molar-refractivity contribution >= 4 is 17.3 Å². The number of nitro benzene ring substituents is 2. The normalized spacial score (nSPS) is 23.3. The molecule has 1 saturated heterocycles. The molecule has 0 bridgehead atoms. The standard InChI is InChI=1S/C12H11N3O5/c16-12(13-10-2-1-3-11(10)13)7-4-8(14(17)18)6-9(5-7)15(19)20/h4-6,10-11H,1-3H2. The molecule has 2 unspecified atom stereocenters. The van der Waals surface area contributed by atoms with Crippen LogP contribution in [-0.4, -0.2) is 32.7 Å². The molecule has 8 heteroatoms. The fraction of sp³-hybridized carbons (Fsp3) is 0.417. The van der Waals surface area contributed by atoms with Crippen molar-refractivity contribution in [2.24, 2.45) is 0 Å². The van der Waals surface area contributed by atoms with Crippen LogP contribution in [0.1, 0.15) is 29.6 Å². The van der Waals surface area contributed by atoms with Crippen LogP contribution in [0.2, 0.25) is 0 Å². The Morgan fingerprint density at radius 2 is 1.55 bits per heavy atom. The lowest BCUT2D eigenvalue weighted by Gasteiger charge is -2.07. The van der Waals surface area contributed by atoms with E-state index in [1.807, 2.05) is 0 Å². The van der Waals surface area contributed by atoms with E-state index in [-0.39, 0.29) is 23.6 Å². The lowest BCUT2D eigenvalue weighted by molar-refractivity contribution is -0.394. The van der Waals surface area contributed by atoms with Gasteiger partial charge in [0.1, 0.15) is 0 Å². The Bertz CT molecular complexity index is 587. The molecule has 0 spiro atoms. The molecule has 1 aliphatic carbocycles. The molecule has 0 radical (unpaired) electrons. The highest BCUT2D eigenvalue weighted by Gasteiger charge is 2.53. The Morgan fingerprint density at radius 3 is 2.00 bits per heavy atom. The van der Waals surface area contributed by atoms with E-state index in [0.717, 1.165) is 37.5 Å². The second-order valence-electron chi connectivity index (χ2n) is 5.03. The average molecular weight is 277 g/mol. The van der Waals surface area contributed by atoms with Crippen LogP contribution >= 0.6 is 0 Å². The van der Waals surface area contributed by atoms with Gasteiger partial charge in [-0.1, -0.05) is 0 Å². The van der Waals surface area contributed by atoms with E-state index >= 15 is 0 Å². The summed E-state index contributed by atoms with van der Waals surface area (Å²) >= 11 is 0. The van der Waals surface area contributed by atoms with Crippen LogP contribution in [0, 0.1) is 20.2 Å². The first kappa shape index (κ1) is 12.5. The number of hydrogen-bond acceptors (Lipinski definition) is 5. The maximum atomic E-state index is 12.3. The largest absolute Gasteiger partial charge is 0.329 e. The van der Waals surface area contributed by atoms with Crippen LogP contribution in [0.5, 0.6) is 0 Å². The summed E-state index contributed by atoms with van der Waals surface area (Å²) in [7, 11) is 0. The summed E-state index contributed by atoms with van der Waals surface area (Å²) < 4.78 is 0. The molecule has 0 aromatic heterocycles. The zero-order valence-corrected chi connectivity index (χ0v) is 10.4. The molecule has 1 saturated carbocycles. The van der Waals surface area contributed by atoms with Crippen molar-refractivity contribution in [3.05, 3.63) is 44.0 Å². The third-order valence-corrected chi connectivity index (χ3v) is 3.87. The SMILES string of the molecule is O=C(c1cc([N+](=O)[O-])cc([N+](=O)[O-])c1)N1C2CCCC21. The summed E-state index contributed by atoms with van der Waals surface area (Å²) in [5, 5.41) is 21.6. The second-order valence-corrected chi connectivity index (χ2v) is 5.03. The number of hydrogen-bond donors (Lipinski definition) is 0. The minimum Gasteiger partial charge on any atom is -0.329 e. The number of piperidine rings is 1. The summed E-state index contributed by atoms with van der Waals surface area (Å²) in [5.41, 5.74) is -0.857. The number of carbonyl (C=O) groups is 1. The van der Waals surface area contributed by atoms with Gasteiger partial charge in [0.2, 0.25) is 0 Å². The maximum absolute atomic E-state index is 12.3. The molecule has 2 fully saturated rings. The van der Waals surface area contributed by atoms with Gasteiger partial charge in [-0.25, -0.2) is 0 Å². The van der Waals surface area contributed by atoms with Gasteiger partial charge < -0.3 is 4.90 Å². The molecule has 2 aliphatic rings. The third kappa shape index (κ3) is 1.89. The highest BCUT2D eigenvalue weighted by atomic mass is 16.6. The smallest absolute Gasteiger partial charge is 0.277 e. The van der Waals surface area contributed by atoms with Gasteiger partial charge in [-0.2, -0.15) is 0 Å². The Labute approximate surface area is 113 Å². The van der Waals surface area contributed by atoms with E-state index in [4.69, 9.17) is 0 Å². The van der Waals surface area contributed by atoms with E-state index < -0.39 is 21.2 Å². The molecule has 104 valence electrons. The molecule has 0 N–H and O–H groups in total. The van der Waals surface area contributed by atoms with Crippen molar-refractivity contribution in [1.29, 1.82) is 0 Å². The highest BCUT2D eigenvalue weighted by Crippen LogP contribution is 2.43. The zero-order valence-electron chi connectivity index (χ0n) is 10.4. The van der Waals surface area contributed by atoms with Gasteiger partial charge in [-0.15, -0.1) is 0 Å². The molecule has 2 atom stereocenters. The predicted molar refractivity (Wildman–Crippen MR) is 67.3 cm³/mol. The lowest BCUT2D eigenvalue weighted by Crippen LogP contribution is -2.17. The zero-order chi connectivity index (χ0) is 14.4. The fourth-order valence-corrected chi connectivity index (χ4v) is 2.91. The van der Waals surface area contributed by atoms with Gasteiger partial charge in [-0.05, 0) is 19.3 Å². The molecule has 1 aromatic carbocycles. The van der Waals surface area contributed by atoms with Gasteiger partial charge in [0.15, 0.2) is 0 Å². The summed E-state index contributed by atoms with van der Waals surface area (Å²) in [5.74, 6) is -0.355. The highest BCUT2D eigenvalue weighted by molar-refractivity contribution is 5.97. The molecule has 8 nitrogen and oxygen atoms in total. The minimum absolute atomic E-state index is 0.0142. The van der Waals surface area contributed by atoms with Crippen molar-refractivity contribution in [3.8, 4) is 0 Å². The van der Waals surface area contributed by atoms with Crippen LogP contribution in [0.15, 0.2) is 18.2 Å². The molecule has 1 aliphatic heterocycles. The van der Waals surface area contributed by atoms with Crippen LogP contribution in [0.4, 0.5) is 11.4 Å². The Morgan fingerprint density at radius 1 is 1.05 bits per heavy atom. The number of non-ortho nitro benzene ring substituents is 2. The van der Waals surface area contributed by atoms with E-state index in [0.29, 0.717) is 0 Å². The van der Waals surface area contributed by atoms with Crippen molar-refractivity contribution in [3.63, 3.8) is 0 Å².